The summed E-state index contributed by atoms with van der Waals surface area (Å²) in [5, 5.41) is 10.2. The van der Waals surface area contributed by atoms with E-state index < -0.39 is 0 Å². The van der Waals surface area contributed by atoms with Gasteiger partial charge in [-0.25, -0.2) is 9.67 Å². The molecule has 23 heavy (non-hydrogen) atoms. The first kappa shape index (κ1) is 13.9. The third-order valence-electron chi connectivity index (χ3n) is 3.68. The molecule has 0 saturated carbocycles. The Morgan fingerprint density at radius 3 is 2.70 bits per heavy atom. The highest BCUT2D eigenvalue weighted by Crippen LogP contribution is 2.25. The van der Waals surface area contributed by atoms with Crippen LogP contribution in [-0.2, 0) is 0 Å². The standard InChI is InChI=1S/C15H13N5O2S/c21-14(19-9-12(10-19)20-7-5-17-18-20)11-1-3-13(4-2-11)22-15-16-6-8-23-15/h1-8,12H,9-10H2. The summed E-state index contributed by atoms with van der Waals surface area (Å²) in [6.07, 6.45) is 5.15. The Morgan fingerprint density at radius 2 is 2.04 bits per heavy atom. The van der Waals surface area contributed by atoms with E-state index in [4.69, 9.17) is 4.74 Å². The molecule has 0 N–H and O–H groups in total. The zero-order chi connectivity index (χ0) is 15.6. The van der Waals surface area contributed by atoms with Gasteiger partial charge in [0.15, 0.2) is 0 Å². The number of likely N-dealkylation sites (tertiary alicyclic amines) is 1. The van der Waals surface area contributed by atoms with Crippen molar-refractivity contribution in [1.82, 2.24) is 24.9 Å². The second-order valence-electron chi connectivity index (χ2n) is 5.17. The first-order chi connectivity index (χ1) is 11.3. The summed E-state index contributed by atoms with van der Waals surface area (Å²) in [6.45, 7) is 1.30. The van der Waals surface area contributed by atoms with Crippen molar-refractivity contribution in [3.8, 4) is 10.9 Å². The minimum absolute atomic E-state index is 0.0159. The maximum absolute atomic E-state index is 12.4. The molecule has 0 aliphatic carbocycles. The van der Waals surface area contributed by atoms with E-state index in [0.29, 0.717) is 29.6 Å². The summed E-state index contributed by atoms with van der Waals surface area (Å²) in [4.78, 5) is 18.3. The number of hydrogen-bond donors (Lipinski definition) is 0. The normalized spacial score (nSPS) is 14.5. The van der Waals surface area contributed by atoms with Crippen LogP contribution in [0.5, 0.6) is 10.9 Å². The fourth-order valence-electron chi connectivity index (χ4n) is 2.41. The number of benzene rings is 1. The molecule has 1 aromatic carbocycles. The molecule has 116 valence electrons. The zero-order valence-corrected chi connectivity index (χ0v) is 12.9. The van der Waals surface area contributed by atoms with Gasteiger partial charge >= 0.3 is 0 Å². The smallest absolute Gasteiger partial charge is 0.278 e. The number of carbonyl (C=O) groups is 1. The van der Waals surface area contributed by atoms with Crippen molar-refractivity contribution in [3.05, 3.63) is 53.8 Å². The Morgan fingerprint density at radius 1 is 1.22 bits per heavy atom. The van der Waals surface area contributed by atoms with E-state index in [1.807, 2.05) is 11.6 Å². The second-order valence-corrected chi connectivity index (χ2v) is 6.03. The van der Waals surface area contributed by atoms with Crippen LogP contribution >= 0.6 is 11.3 Å². The molecule has 3 aromatic rings. The lowest BCUT2D eigenvalue weighted by molar-refractivity contribution is 0.0498. The van der Waals surface area contributed by atoms with Gasteiger partial charge in [0, 0.05) is 36.4 Å². The zero-order valence-electron chi connectivity index (χ0n) is 12.1. The van der Waals surface area contributed by atoms with Crippen molar-refractivity contribution in [2.75, 3.05) is 13.1 Å². The highest BCUT2D eigenvalue weighted by Gasteiger charge is 2.32. The largest absolute Gasteiger partial charge is 0.431 e. The number of thiazole rings is 1. The minimum atomic E-state index is 0.0159. The molecule has 8 heteroatoms. The Hall–Kier alpha value is -2.74. The summed E-state index contributed by atoms with van der Waals surface area (Å²) in [7, 11) is 0. The van der Waals surface area contributed by atoms with Crippen LogP contribution in [0.3, 0.4) is 0 Å². The van der Waals surface area contributed by atoms with Gasteiger partial charge in [0.1, 0.15) is 5.75 Å². The number of amides is 1. The molecule has 0 bridgehead atoms. The molecule has 0 atom stereocenters. The Kier molecular flexibility index (Phi) is 3.51. The van der Waals surface area contributed by atoms with Gasteiger partial charge in [0.05, 0.1) is 12.2 Å². The van der Waals surface area contributed by atoms with Crippen LogP contribution in [0.25, 0.3) is 0 Å². The molecular formula is C15H13N5O2S. The molecule has 1 saturated heterocycles. The summed E-state index contributed by atoms with van der Waals surface area (Å²) < 4.78 is 7.37. The summed E-state index contributed by atoms with van der Waals surface area (Å²) in [5.41, 5.74) is 0.647. The Balaban J connectivity index is 1.38. The lowest BCUT2D eigenvalue weighted by Crippen LogP contribution is -2.50. The van der Waals surface area contributed by atoms with Crippen LogP contribution in [0, 0.1) is 0 Å². The van der Waals surface area contributed by atoms with E-state index in [1.54, 1.807) is 46.2 Å². The molecule has 1 aliphatic heterocycles. The highest BCUT2D eigenvalue weighted by molar-refractivity contribution is 7.11. The third kappa shape index (κ3) is 2.80. The van der Waals surface area contributed by atoms with Gasteiger partial charge in [-0.2, -0.15) is 0 Å². The fraction of sp³-hybridized carbons (Fsp3) is 0.200. The first-order valence-electron chi connectivity index (χ1n) is 7.12. The Bertz CT molecular complexity index is 780. The topological polar surface area (TPSA) is 73.1 Å². The maximum atomic E-state index is 12.4. The molecule has 7 nitrogen and oxygen atoms in total. The third-order valence-corrected chi connectivity index (χ3v) is 4.33. The molecule has 1 amide bonds. The number of rotatable bonds is 4. The molecule has 1 aliphatic rings. The highest BCUT2D eigenvalue weighted by atomic mass is 32.1. The van der Waals surface area contributed by atoms with E-state index in [-0.39, 0.29) is 11.9 Å². The van der Waals surface area contributed by atoms with E-state index >= 15 is 0 Å². The molecule has 0 spiro atoms. The van der Waals surface area contributed by atoms with E-state index in [1.165, 1.54) is 11.3 Å². The van der Waals surface area contributed by atoms with Crippen LogP contribution < -0.4 is 4.74 Å². The van der Waals surface area contributed by atoms with Crippen molar-refractivity contribution in [2.45, 2.75) is 6.04 Å². The van der Waals surface area contributed by atoms with Gasteiger partial charge < -0.3 is 9.64 Å². The quantitative estimate of drug-likeness (QED) is 0.734. The number of aromatic nitrogens is 4. The lowest BCUT2D eigenvalue weighted by atomic mass is 10.1. The molecule has 0 radical (unpaired) electrons. The van der Waals surface area contributed by atoms with Gasteiger partial charge in [-0.05, 0) is 24.3 Å². The van der Waals surface area contributed by atoms with Crippen molar-refractivity contribution < 1.29 is 9.53 Å². The number of carbonyl (C=O) groups excluding carboxylic acids is 1. The number of nitrogens with zero attached hydrogens (tertiary/aromatic N) is 5. The number of ether oxygens (including phenoxy) is 1. The maximum Gasteiger partial charge on any atom is 0.278 e. The van der Waals surface area contributed by atoms with Gasteiger partial charge in [0.25, 0.3) is 11.1 Å². The molecular weight excluding hydrogens is 314 g/mol. The van der Waals surface area contributed by atoms with Crippen molar-refractivity contribution in [3.63, 3.8) is 0 Å². The number of hydrogen-bond acceptors (Lipinski definition) is 6. The van der Waals surface area contributed by atoms with Crippen LogP contribution in [0.2, 0.25) is 0 Å². The fourth-order valence-corrected chi connectivity index (χ4v) is 2.91. The van der Waals surface area contributed by atoms with Gasteiger partial charge in [0.2, 0.25) is 0 Å². The van der Waals surface area contributed by atoms with Crippen LogP contribution in [0.15, 0.2) is 48.2 Å². The molecule has 0 unspecified atom stereocenters. The summed E-state index contributed by atoms with van der Waals surface area (Å²) in [6, 6.07) is 7.32. The van der Waals surface area contributed by atoms with Crippen LogP contribution in [0.4, 0.5) is 0 Å². The van der Waals surface area contributed by atoms with E-state index in [2.05, 4.69) is 15.3 Å². The van der Waals surface area contributed by atoms with Gasteiger partial charge in [-0.15, -0.1) is 5.10 Å². The molecule has 4 rings (SSSR count). The monoisotopic (exact) mass is 327 g/mol. The minimum Gasteiger partial charge on any atom is -0.431 e. The lowest BCUT2D eigenvalue weighted by Gasteiger charge is -2.38. The van der Waals surface area contributed by atoms with Crippen molar-refractivity contribution in [2.24, 2.45) is 0 Å². The van der Waals surface area contributed by atoms with Gasteiger partial charge in [-0.1, -0.05) is 16.6 Å². The van der Waals surface area contributed by atoms with Gasteiger partial charge in [-0.3, -0.25) is 4.79 Å². The summed E-state index contributed by atoms with van der Waals surface area (Å²) in [5.74, 6) is 0.683. The Labute approximate surface area is 136 Å². The van der Waals surface area contributed by atoms with Crippen molar-refractivity contribution >= 4 is 17.2 Å². The van der Waals surface area contributed by atoms with Crippen LogP contribution in [0.1, 0.15) is 16.4 Å². The van der Waals surface area contributed by atoms with E-state index in [0.717, 1.165) is 0 Å². The second kappa shape index (κ2) is 5.81. The molecule has 2 aromatic heterocycles. The first-order valence-corrected chi connectivity index (χ1v) is 8.00. The predicted octanol–water partition coefficient (Wildman–Crippen LogP) is 2.22. The average Bonchev–Trinajstić information content (AvgIpc) is 3.20. The van der Waals surface area contributed by atoms with Crippen molar-refractivity contribution in [1.29, 1.82) is 0 Å². The average molecular weight is 327 g/mol. The SMILES string of the molecule is O=C(c1ccc(Oc2nccs2)cc1)N1CC(n2ccnn2)C1. The molecule has 1 fully saturated rings. The summed E-state index contributed by atoms with van der Waals surface area (Å²) >= 11 is 1.42. The van der Waals surface area contributed by atoms with E-state index in [9.17, 15) is 4.79 Å². The molecule has 3 heterocycles. The van der Waals surface area contributed by atoms with Crippen LogP contribution in [-0.4, -0.2) is 43.9 Å². The predicted molar refractivity (Wildman–Crippen MR) is 83.6 cm³/mol.